The van der Waals surface area contributed by atoms with E-state index in [0.717, 1.165) is 18.4 Å². The zero-order chi connectivity index (χ0) is 37.0. The third-order valence-electron chi connectivity index (χ3n) is 10.1. The fourth-order valence-electron chi connectivity index (χ4n) is 6.94. The number of likely N-dealkylation sites (tertiary alicyclic amines) is 1. The van der Waals surface area contributed by atoms with Gasteiger partial charge in [0.15, 0.2) is 0 Å². The summed E-state index contributed by atoms with van der Waals surface area (Å²) in [5.41, 5.74) is 7.82. The lowest BCUT2D eigenvalue weighted by atomic mass is 9.89. The summed E-state index contributed by atoms with van der Waals surface area (Å²) in [5.74, 6) is -1.56. The summed E-state index contributed by atoms with van der Waals surface area (Å²) in [6.07, 6.45) is 5.35. The van der Waals surface area contributed by atoms with Crippen molar-refractivity contribution < 1.29 is 28.7 Å². The highest BCUT2D eigenvalue weighted by Crippen LogP contribution is 2.29. The second-order valence-corrected chi connectivity index (χ2v) is 13.8. The molecule has 0 spiro atoms. The summed E-state index contributed by atoms with van der Waals surface area (Å²) in [4.78, 5) is 62.0. The van der Waals surface area contributed by atoms with Gasteiger partial charge in [0.25, 0.3) is 5.91 Å². The van der Waals surface area contributed by atoms with Gasteiger partial charge in [0.05, 0.1) is 36.6 Å². The minimum atomic E-state index is -0.799. The zero-order valence-electron chi connectivity index (χ0n) is 31.1. The molecule has 2 heterocycles. The quantitative estimate of drug-likeness (QED) is 0.200. The largest absolute Gasteiger partial charge is 0.399 e. The molecule has 50 heavy (non-hydrogen) atoms. The van der Waals surface area contributed by atoms with Gasteiger partial charge in [0.2, 0.25) is 17.7 Å². The molecule has 1 aromatic carbocycles. The Labute approximate surface area is 297 Å². The third kappa shape index (κ3) is 10.5. The lowest BCUT2D eigenvalue weighted by Gasteiger charge is -2.40. The summed E-state index contributed by atoms with van der Waals surface area (Å²) in [6, 6.07) is 8.87. The average Bonchev–Trinajstić information content (AvgIpc) is 3.60. The van der Waals surface area contributed by atoms with Gasteiger partial charge in [0.1, 0.15) is 6.04 Å². The van der Waals surface area contributed by atoms with E-state index >= 15 is 0 Å². The Morgan fingerprint density at radius 2 is 1.68 bits per heavy atom. The van der Waals surface area contributed by atoms with Crippen molar-refractivity contribution in [1.29, 1.82) is 0 Å². The summed E-state index contributed by atoms with van der Waals surface area (Å²) < 4.78 is 11.9. The molecule has 1 aliphatic rings. The number of aromatic nitrogens is 1. The maximum absolute atomic E-state index is 14.1. The molecule has 0 aliphatic carbocycles. The molecule has 276 valence electrons. The molecule has 12 nitrogen and oxygen atoms in total. The summed E-state index contributed by atoms with van der Waals surface area (Å²) >= 11 is 0. The molecule has 7 atom stereocenters. The predicted molar refractivity (Wildman–Crippen MR) is 194 cm³/mol. The van der Waals surface area contributed by atoms with E-state index in [0.29, 0.717) is 37.2 Å². The van der Waals surface area contributed by atoms with Crippen LogP contribution in [-0.4, -0.2) is 103 Å². The fraction of sp³-hybridized carbons (Fsp3) is 0.605. The fourth-order valence-corrected chi connectivity index (χ4v) is 6.94. The van der Waals surface area contributed by atoms with Crippen molar-refractivity contribution >= 4 is 29.3 Å². The Hall–Kier alpha value is -4.03. The van der Waals surface area contributed by atoms with E-state index in [-0.39, 0.29) is 47.9 Å². The predicted octanol–water partition coefficient (Wildman–Crippen LogP) is 3.70. The lowest BCUT2D eigenvalue weighted by molar-refractivity contribution is -0.146. The average molecular weight is 695 g/mol. The summed E-state index contributed by atoms with van der Waals surface area (Å²) in [5, 5.41) is 5.94. The van der Waals surface area contributed by atoms with Gasteiger partial charge < -0.3 is 35.6 Å². The van der Waals surface area contributed by atoms with Gasteiger partial charge in [-0.3, -0.25) is 24.2 Å². The minimum absolute atomic E-state index is 0.0146. The van der Waals surface area contributed by atoms with Gasteiger partial charge in [-0.15, -0.1) is 0 Å². The standard InChI is InChI=1S/C38H58N6O6/c1-9-25(4)34(43(6)38(48)33(24(2)3)42-37(47)28-12-14-29(39)15-13-28)31(49-7)23-32(45)44-22-10-11-30(44)35(50-8)26(5)36(46)41-21-18-27-16-19-40-20-17-27/h12-17,19-20,24-26,30-31,33-35H,9-11,18,21-23,39H2,1-8H3,(H,41,46)(H,42,47)/t25-,26+,30-,31-,33-,34-,35+/m0/s1. The van der Waals surface area contributed by atoms with E-state index in [1.54, 1.807) is 62.8 Å². The van der Waals surface area contributed by atoms with Crippen LogP contribution in [0.3, 0.4) is 0 Å². The smallest absolute Gasteiger partial charge is 0.251 e. The second kappa shape index (κ2) is 19.4. The Balaban J connectivity index is 1.72. The van der Waals surface area contributed by atoms with E-state index in [4.69, 9.17) is 15.2 Å². The number of carbonyl (C=O) groups excluding carboxylic acids is 4. The number of rotatable bonds is 18. The summed E-state index contributed by atoms with van der Waals surface area (Å²) in [7, 11) is 4.86. The number of ether oxygens (including phenoxy) is 2. The van der Waals surface area contributed by atoms with E-state index in [2.05, 4.69) is 15.6 Å². The van der Waals surface area contributed by atoms with Crippen LogP contribution in [-0.2, 0) is 30.3 Å². The van der Waals surface area contributed by atoms with Crippen LogP contribution in [0.1, 0.15) is 76.2 Å². The number of nitrogens with one attached hydrogen (secondary N) is 2. The molecule has 1 saturated heterocycles. The molecule has 1 aliphatic heterocycles. The van der Waals surface area contributed by atoms with Gasteiger partial charge in [-0.2, -0.15) is 0 Å². The van der Waals surface area contributed by atoms with E-state index in [1.807, 2.05) is 51.7 Å². The van der Waals surface area contributed by atoms with Crippen LogP contribution in [0, 0.1) is 17.8 Å². The molecular weight excluding hydrogens is 636 g/mol. The molecule has 0 unspecified atom stereocenters. The maximum Gasteiger partial charge on any atom is 0.251 e. The molecule has 3 rings (SSSR count). The van der Waals surface area contributed by atoms with Crippen molar-refractivity contribution in [3.05, 3.63) is 59.9 Å². The van der Waals surface area contributed by atoms with Crippen LogP contribution in [0.5, 0.6) is 0 Å². The normalized spacial score (nSPS) is 18.1. The lowest BCUT2D eigenvalue weighted by Crippen LogP contribution is -2.57. The van der Waals surface area contributed by atoms with Crippen LogP contribution < -0.4 is 16.4 Å². The number of benzene rings is 1. The molecule has 4 N–H and O–H groups in total. The Kier molecular flexibility index (Phi) is 15.7. The van der Waals surface area contributed by atoms with Gasteiger partial charge in [0, 0.05) is 58.0 Å². The molecule has 4 amide bonds. The third-order valence-corrected chi connectivity index (χ3v) is 10.1. The number of pyridine rings is 1. The monoisotopic (exact) mass is 694 g/mol. The highest BCUT2D eigenvalue weighted by Gasteiger charge is 2.42. The molecule has 0 saturated carbocycles. The number of methoxy groups -OCH3 is 2. The maximum atomic E-state index is 14.1. The van der Waals surface area contributed by atoms with Gasteiger partial charge in [-0.1, -0.05) is 41.0 Å². The van der Waals surface area contributed by atoms with Gasteiger partial charge >= 0.3 is 0 Å². The Morgan fingerprint density at radius 1 is 1.02 bits per heavy atom. The number of likely N-dealkylation sites (N-methyl/N-ethyl adjacent to an activating group) is 1. The first kappa shape index (κ1) is 40.4. The minimum Gasteiger partial charge on any atom is -0.399 e. The first-order valence-corrected chi connectivity index (χ1v) is 17.8. The van der Waals surface area contributed by atoms with Crippen LogP contribution >= 0.6 is 0 Å². The number of nitrogens with zero attached hydrogens (tertiary/aromatic N) is 3. The molecule has 0 bridgehead atoms. The number of anilines is 1. The van der Waals surface area contributed by atoms with Crippen LogP contribution in [0.4, 0.5) is 5.69 Å². The number of amides is 4. The number of hydrogen-bond donors (Lipinski definition) is 3. The SMILES string of the molecule is CC[C@H](C)[C@@H]([C@H](CC(=O)N1CCC[C@H]1[C@H](OC)[C@@H](C)C(=O)NCCc1ccncc1)OC)N(C)C(=O)[C@@H](NC(=O)c1ccc(N)cc1)C(C)C. The van der Waals surface area contributed by atoms with E-state index < -0.39 is 30.2 Å². The van der Waals surface area contributed by atoms with Crippen molar-refractivity contribution in [2.45, 2.75) is 97.1 Å². The van der Waals surface area contributed by atoms with Crippen molar-refractivity contribution in [1.82, 2.24) is 25.4 Å². The molecule has 12 heteroatoms. The van der Waals surface area contributed by atoms with Crippen molar-refractivity contribution in [3.8, 4) is 0 Å². The Bertz CT molecular complexity index is 1390. The number of hydrogen-bond acceptors (Lipinski definition) is 8. The molecular formula is C38H58N6O6. The van der Waals surface area contributed by atoms with Crippen molar-refractivity contribution in [2.24, 2.45) is 17.8 Å². The van der Waals surface area contributed by atoms with Crippen LogP contribution in [0.15, 0.2) is 48.8 Å². The van der Waals surface area contributed by atoms with Gasteiger partial charge in [-0.25, -0.2) is 0 Å². The Morgan fingerprint density at radius 3 is 2.26 bits per heavy atom. The van der Waals surface area contributed by atoms with E-state index in [1.165, 1.54) is 0 Å². The number of carbonyl (C=O) groups is 4. The first-order valence-electron chi connectivity index (χ1n) is 17.8. The van der Waals surface area contributed by atoms with Crippen LogP contribution in [0.2, 0.25) is 0 Å². The second-order valence-electron chi connectivity index (χ2n) is 13.8. The molecule has 2 aromatic rings. The topological polar surface area (TPSA) is 156 Å². The van der Waals surface area contributed by atoms with Crippen molar-refractivity contribution in [3.63, 3.8) is 0 Å². The van der Waals surface area contributed by atoms with Crippen LogP contribution in [0.25, 0.3) is 0 Å². The zero-order valence-corrected chi connectivity index (χ0v) is 31.1. The molecule has 0 radical (unpaired) electrons. The highest BCUT2D eigenvalue weighted by molar-refractivity contribution is 5.98. The van der Waals surface area contributed by atoms with Gasteiger partial charge in [-0.05, 0) is 73.1 Å². The van der Waals surface area contributed by atoms with E-state index in [9.17, 15) is 19.2 Å². The highest BCUT2D eigenvalue weighted by atomic mass is 16.5. The number of nitrogen functional groups attached to an aromatic ring is 1. The first-order chi connectivity index (χ1) is 23.8. The summed E-state index contributed by atoms with van der Waals surface area (Å²) in [6.45, 7) is 10.7. The van der Waals surface area contributed by atoms with Crippen molar-refractivity contribution in [2.75, 3.05) is 40.1 Å². The number of nitrogens with two attached hydrogens (primary N) is 1. The molecule has 1 fully saturated rings. The molecule has 1 aromatic heterocycles.